The zero-order chi connectivity index (χ0) is 25.4. The van der Waals surface area contributed by atoms with Crippen molar-refractivity contribution in [2.24, 2.45) is 0 Å². The van der Waals surface area contributed by atoms with E-state index in [2.05, 4.69) is 10.6 Å². The Morgan fingerprint density at radius 1 is 1.15 bits per heavy atom. The molecule has 3 N–H and O–H groups in total. The van der Waals surface area contributed by atoms with Crippen molar-refractivity contribution in [3.63, 3.8) is 0 Å². The minimum Gasteiger partial charge on any atom is -0.496 e. The maximum atomic E-state index is 12.7. The molecule has 0 bridgehead atoms. The molecule has 10 nitrogen and oxygen atoms in total. The first-order chi connectivity index (χ1) is 16.2. The smallest absolute Gasteiger partial charge is 0.340 e. The molecule has 0 aliphatic rings. The van der Waals surface area contributed by atoms with E-state index in [0.717, 1.165) is 0 Å². The predicted molar refractivity (Wildman–Crippen MR) is 129 cm³/mol. The number of amides is 2. The van der Waals surface area contributed by atoms with Crippen molar-refractivity contribution >= 4 is 40.5 Å². The molecule has 0 spiro atoms. The number of benzene rings is 1. The Labute approximate surface area is 201 Å². The summed E-state index contributed by atoms with van der Waals surface area (Å²) in [6, 6.07) is 1.20. The van der Waals surface area contributed by atoms with E-state index in [1.165, 1.54) is 26.0 Å². The first-order valence-electron chi connectivity index (χ1n) is 10.7. The molecule has 2 amide bonds. The van der Waals surface area contributed by atoms with Gasteiger partial charge >= 0.3 is 11.6 Å². The van der Waals surface area contributed by atoms with Crippen LogP contribution in [0.15, 0.2) is 21.3 Å². The van der Waals surface area contributed by atoms with Crippen LogP contribution in [0.2, 0.25) is 0 Å². The zero-order valence-electron chi connectivity index (χ0n) is 19.9. The van der Waals surface area contributed by atoms with Gasteiger partial charge in [-0.25, -0.2) is 9.59 Å². The molecule has 0 unspecified atom stereocenters. The number of aliphatic carboxylic acids is 1. The molecule has 0 saturated heterocycles. The van der Waals surface area contributed by atoms with Crippen LogP contribution in [0.25, 0.3) is 11.0 Å². The maximum absolute atomic E-state index is 12.7. The Morgan fingerprint density at radius 2 is 1.85 bits per heavy atom. The van der Waals surface area contributed by atoms with Crippen molar-refractivity contribution in [2.45, 2.75) is 45.2 Å². The quantitative estimate of drug-likeness (QED) is 0.377. The summed E-state index contributed by atoms with van der Waals surface area (Å²) in [5.74, 6) is -0.870. The van der Waals surface area contributed by atoms with Gasteiger partial charge < -0.3 is 29.6 Å². The van der Waals surface area contributed by atoms with E-state index in [4.69, 9.17) is 13.9 Å². The normalized spacial score (nSPS) is 12.6. The first kappa shape index (κ1) is 27.0. The molecule has 0 saturated carbocycles. The summed E-state index contributed by atoms with van der Waals surface area (Å²) in [5.41, 5.74) is 0.225. The van der Waals surface area contributed by atoms with Gasteiger partial charge in [0.2, 0.25) is 11.8 Å². The summed E-state index contributed by atoms with van der Waals surface area (Å²) in [4.78, 5) is 49.4. The van der Waals surface area contributed by atoms with E-state index in [-0.39, 0.29) is 30.4 Å². The highest BCUT2D eigenvalue weighted by molar-refractivity contribution is 7.98. The minimum absolute atomic E-state index is 0.132. The molecule has 1 heterocycles. The van der Waals surface area contributed by atoms with Crippen LogP contribution in [0, 0.1) is 6.92 Å². The molecule has 1 aromatic carbocycles. The molecule has 2 aromatic rings. The van der Waals surface area contributed by atoms with Crippen molar-refractivity contribution < 1.29 is 33.4 Å². The molecule has 11 heteroatoms. The number of methoxy groups -OCH3 is 2. The summed E-state index contributed by atoms with van der Waals surface area (Å²) in [7, 11) is 2.95. The van der Waals surface area contributed by atoms with Crippen molar-refractivity contribution in [2.75, 3.05) is 26.2 Å². The highest BCUT2D eigenvalue weighted by atomic mass is 32.2. The Kier molecular flexibility index (Phi) is 9.79. The van der Waals surface area contributed by atoms with Gasteiger partial charge in [-0.15, -0.1) is 0 Å². The van der Waals surface area contributed by atoms with E-state index < -0.39 is 35.5 Å². The second-order valence-corrected chi connectivity index (χ2v) is 8.57. The number of nitrogens with one attached hydrogen (secondary N) is 2. The Bertz CT molecular complexity index is 1110. The fourth-order valence-corrected chi connectivity index (χ4v) is 3.96. The summed E-state index contributed by atoms with van der Waals surface area (Å²) < 4.78 is 16.0. The van der Waals surface area contributed by atoms with Crippen LogP contribution in [-0.2, 0) is 20.8 Å². The number of hydrogen-bond acceptors (Lipinski definition) is 8. The fourth-order valence-electron chi connectivity index (χ4n) is 3.49. The molecule has 0 aliphatic heterocycles. The number of fused-ring (bicyclic) bond motifs is 1. The standard InChI is InChI=1S/C23H30N2O8S/c1-6-15(21(27)25-16(22(28)29)7-8-34-5)24-19(26)11-14-12(2)20-17(32-4)9-13(31-3)10-18(20)33-23(14)30/h9-10,15-16H,6-8,11H2,1-5H3,(H,24,26)(H,25,27)(H,28,29)/t15-,16+/m0/s1. The molecule has 2 rings (SSSR count). The third-order valence-electron chi connectivity index (χ3n) is 5.39. The van der Waals surface area contributed by atoms with Gasteiger partial charge in [0, 0.05) is 12.1 Å². The number of carbonyl (C=O) groups is 3. The van der Waals surface area contributed by atoms with Crippen LogP contribution in [0.5, 0.6) is 11.5 Å². The largest absolute Gasteiger partial charge is 0.496 e. The number of hydrogen-bond donors (Lipinski definition) is 3. The summed E-state index contributed by atoms with van der Waals surface area (Å²) >= 11 is 1.47. The van der Waals surface area contributed by atoms with Crippen molar-refractivity contribution in [3.05, 3.63) is 33.7 Å². The molecular weight excluding hydrogens is 464 g/mol. The molecule has 0 aliphatic carbocycles. The molecule has 0 fully saturated rings. The predicted octanol–water partition coefficient (Wildman–Crippen LogP) is 1.88. The van der Waals surface area contributed by atoms with E-state index in [0.29, 0.717) is 28.2 Å². The highest BCUT2D eigenvalue weighted by Gasteiger charge is 2.26. The maximum Gasteiger partial charge on any atom is 0.340 e. The molecule has 1 aromatic heterocycles. The zero-order valence-corrected chi connectivity index (χ0v) is 20.7. The summed E-state index contributed by atoms with van der Waals surface area (Å²) in [6.07, 6.45) is 2.02. The van der Waals surface area contributed by atoms with E-state index in [1.54, 1.807) is 26.0 Å². The van der Waals surface area contributed by atoms with Crippen LogP contribution in [0.3, 0.4) is 0 Å². The Morgan fingerprint density at radius 3 is 2.41 bits per heavy atom. The number of thioether (sulfide) groups is 1. The third kappa shape index (κ3) is 6.43. The monoisotopic (exact) mass is 494 g/mol. The topological polar surface area (TPSA) is 144 Å². The Hall–Kier alpha value is -3.21. The fraction of sp³-hybridized carbons (Fsp3) is 0.478. The molecule has 34 heavy (non-hydrogen) atoms. The number of carboxylic acid groups (broad SMARTS) is 1. The lowest BCUT2D eigenvalue weighted by Crippen LogP contribution is -2.51. The minimum atomic E-state index is -1.14. The van der Waals surface area contributed by atoms with Gasteiger partial charge in [-0.1, -0.05) is 6.92 Å². The molecule has 0 radical (unpaired) electrons. The highest BCUT2D eigenvalue weighted by Crippen LogP contribution is 2.33. The van der Waals surface area contributed by atoms with Crippen LogP contribution in [-0.4, -0.2) is 61.2 Å². The van der Waals surface area contributed by atoms with Gasteiger partial charge in [0.25, 0.3) is 0 Å². The molecule has 2 atom stereocenters. The van der Waals surface area contributed by atoms with Gasteiger partial charge in [0.1, 0.15) is 29.2 Å². The summed E-state index contributed by atoms with van der Waals surface area (Å²) in [6.45, 7) is 3.38. The number of ether oxygens (including phenoxy) is 2. The van der Waals surface area contributed by atoms with E-state index in [9.17, 15) is 24.3 Å². The average Bonchev–Trinajstić information content (AvgIpc) is 2.81. The van der Waals surface area contributed by atoms with Crippen LogP contribution in [0.4, 0.5) is 0 Å². The van der Waals surface area contributed by atoms with Crippen molar-refractivity contribution in [1.29, 1.82) is 0 Å². The van der Waals surface area contributed by atoms with Crippen LogP contribution < -0.4 is 25.7 Å². The SMILES string of the molecule is CC[C@H](NC(=O)Cc1c(C)c2c(OC)cc(OC)cc2oc1=O)C(=O)N[C@H](CCSC)C(=O)O. The second-order valence-electron chi connectivity index (χ2n) is 7.58. The van der Waals surface area contributed by atoms with Gasteiger partial charge in [-0.05, 0) is 37.3 Å². The first-order valence-corrected chi connectivity index (χ1v) is 12.1. The lowest BCUT2D eigenvalue weighted by atomic mass is 10.0. The van der Waals surface area contributed by atoms with Crippen LogP contribution >= 0.6 is 11.8 Å². The van der Waals surface area contributed by atoms with E-state index in [1.807, 2.05) is 6.26 Å². The number of carbonyl (C=O) groups excluding carboxylic acids is 2. The lowest BCUT2D eigenvalue weighted by molar-refractivity contribution is -0.142. The van der Waals surface area contributed by atoms with Crippen molar-refractivity contribution in [3.8, 4) is 11.5 Å². The van der Waals surface area contributed by atoms with Gasteiger partial charge in [0.05, 0.1) is 31.6 Å². The lowest BCUT2D eigenvalue weighted by Gasteiger charge is -2.20. The van der Waals surface area contributed by atoms with Gasteiger partial charge in [-0.3, -0.25) is 9.59 Å². The molecule has 186 valence electrons. The van der Waals surface area contributed by atoms with Gasteiger partial charge in [-0.2, -0.15) is 11.8 Å². The average molecular weight is 495 g/mol. The molecular formula is C23H30N2O8S. The third-order valence-corrected chi connectivity index (χ3v) is 6.04. The Balaban J connectivity index is 2.24. The number of rotatable bonds is 12. The summed E-state index contributed by atoms with van der Waals surface area (Å²) in [5, 5.41) is 14.9. The van der Waals surface area contributed by atoms with Crippen molar-refractivity contribution in [1.82, 2.24) is 10.6 Å². The van der Waals surface area contributed by atoms with E-state index >= 15 is 0 Å². The second kappa shape index (κ2) is 12.3. The van der Waals surface area contributed by atoms with Crippen LogP contribution in [0.1, 0.15) is 30.9 Å². The number of aryl methyl sites for hydroxylation is 1. The number of carboxylic acids is 1. The van der Waals surface area contributed by atoms with Gasteiger partial charge in [0.15, 0.2) is 0 Å².